The summed E-state index contributed by atoms with van der Waals surface area (Å²) in [4.78, 5) is 24.5. The third-order valence-electron chi connectivity index (χ3n) is 2.73. The fourth-order valence-electron chi connectivity index (χ4n) is 1.78. The van der Waals surface area contributed by atoms with Crippen molar-refractivity contribution < 1.29 is 18.7 Å². The summed E-state index contributed by atoms with van der Waals surface area (Å²) in [5.74, 6) is -1.01. The predicted molar refractivity (Wildman–Crippen MR) is 61.9 cm³/mol. The van der Waals surface area contributed by atoms with E-state index in [0.717, 1.165) is 6.07 Å². The normalized spacial score (nSPS) is 15.2. The number of halogens is 1. The lowest BCUT2D eigenvalue weighted by molar-refractivity contribution is -0.123. The van der Waals surface area contributed by atoms with E-state index in [-0.39, 0.29) is 18.0 Å². The first-order chi connectivity index (χ1) is 8.61. The fourth-order valence-corrected chi connectivity index (χ4v) is 1.78. The highest BCUT2D eigenvalue weighted by atomic mass is 19.1. The van der Waals surface area contributed by atoms with Crippen LogP contribution in [0.4, 0.5) is 4.39 Å². The highest BCUT2D eigenvalue weighted by Gasteiger charge is 2.24. The number of piperazine rings is 1. The second kappa shape index (κ2) is 5.03. The summed E-state index contributed by atoms with van der Waals surface area (Å²) in [6.07, 6.45) is 0. The van der Waals surface area contributed by atoms with Crippen LogP contribution in [-0.4, -0.2) is 43.5 Å². The molecule has 0 aliphatic carbocycles. The Labute approximate surface area is 104 Å². The van der Waals surface area contributed by atoms with Crippen LogP contribution in [0, 0.1) is 5.82 Å². The highest BCUT2D eigenvalue weighted by Crippen LogP contribution is 2.18. The zero-order chi connectivity index (χ0) is 13.1. The molecule has 1 aromatic carbocycles. The van der Waals surface area contributed by atoms with Gasteiger partial charge in [-0.1, -0.05) is 0 Å². The molecule has 6 heteroatoms. The lowest BCUT2D eigenvalue weighted by Gasteiger charge is -2.26. The summed E-state index contributed by atoms with van der Waals surface area (Å²) in [6, 6.07) is 4.03. The minimum Gasteiger partial charge on any atom is -0.497 e. The molecule has 0 radical (unpaired) electrons. The maximum atomic E-state index is 13.7. The molecule has 1 aromatic rings. The van der Waals surface area contributed by atoms with Crippen LogP contribution < -0.4 is 10.1 Å². The van der Waals surface area contributed by atoms with Crippen molar-refractivity contribution in [3.05, 3.63) is 29.6 Å². The number of ether oxygens (including phenoxy) is 1. The van der Waals surface area contributed by atoms with Gasteiger partial charge in [0, 0.05) is 19.2 Å². The lowest BCUT2D eigenvalue weighted by atomic mass is 10.1. The average molecular weight is 252 g/mol. The maximum Gasteiger partial charge on any atom is 0.257 e. The van der Waals surface area contributed by atoms with Crippen LogP contribution in [0.1, 0.15) is 10.4 Å². The molecule has 0 atom stereocenters. The molecule has 2 amide bonds. The molecule has 0 aromatic heterocycles. The van der Waals surface area contributed by atoms with E-state index in [1.54, 1.807) is 0 Å². The first kappa shape index (κ1) is 12.3. The number of nitrogens with one attached hydrogen (secondary N) is 1. The summed E-state index contributed by atoms with van der Waals surface area (Å²) in [5.41, 5.74) is -0.0505. The van der Waals surface area contributed by atoms with Gasteiger partial charge >= 0.3 is 0 Å². The van der Waals surface area contributed by atoms with Gasteiger partial charge in [-0.15, -0.1) is 0 Å². The minimum absolute atomic E-state index is 0.0374. The molecule has 1 aliphatic rings. The van der Waals surface area contributed by atoms with Gasteiger partial charge in [0.15, 0.2) is 0 Å². The van der Waals surface area contributed by atoms with E-state index in [1.807, 2.05) is 0 Å². The van der Waals surface area contributed by atoms with Crippen LogP contribution >= 0.6 is 0 Å². The Kier molecular flexibility index (Phi) is 3.45. The van der Waals surface area contributed by atoms with Crippen molar-refractivity contribution in [1.29, 1.82) is 0 Å². The Hall–Kier alpha value is -2.11. The van der Waals surface area contributed by atoms with Crippen LogP contribution in [0.5, 0.6) is 5.75 Å². The lowest BCUT2D eigenvalue weighted by Crippen LogP contribution is -2.50. The van der Waals surface area contributed by atoms with E-state index in [1.165, 1.54) is 24.1 Å². The van der Waals surface area contributed by atoms with Crippen LogP contribution in [0.3, 0.4) is 0 Å². The summed E-state index contributed by atoms with van der Waals surface area (Å²) < 4.78 is 18.6. The van der Waals surface area contributed by atoms with Crippen molar-refractivity contribution in [1.82, 2.24) is 10.2 Å². The van der Waals surface area contributed by atoms with Gasteiger partial charge in [-0.25, -0.2) is 4.39 Å². The van der Waals surface area contributed by atoms with Crippen LogP contribution in [-0.2, 0) is 4.79 Å². The van der Waals surface area contributed by atoms with Gasteiger partial charge in [-0.05, 0) is 12.1 Å². The Morgan fingerprint density at radius 2 is 2.28 bits per heavy atom. The zero-order valence-electron chi connectivity index (χ0n) is 9.90. The molecule has 1 fully saturated rings. The molecular formula is C12H13FN2O3. The van der Waals surface area contributed by atoms with E-state index in [4.69, 9.17) is 4.74 Å². The Balaban J connectivity index is 2.20. The standard InChI is InChI=1S/C12H13FN2O3/c1-18-8-2-3-9(10(13)6-8)12(17)15-5-4-14-11(16)7-15/h2-3,6H,4-5,7H2,1H3,(H,14,16). The molecule has 2 rings (SSSR count). The van der Waals surface area contributed by atoms with Crippen molar-refractivity contribution in [3.63, 3.8) is 0 Å². The third kappa shape index (κ3) is 2.42. The van der Waals surface area contributed by atoms with Crippen molar-refractivity contribution in [3.8, 4) is 5.75 Å². The molecular weight excluding hydrogens is 239 g/mol. The molecule has 1 N–H and O–H groups in total. The summed E-state index contributed by atoms with van der Waals surface area (Å²) in [6.45, 7) is 0.739. The number of methoxy groups -OCH3 is 1. The zero-order valence-corrected chi connectivity index (χ0v) is 9.90. The largest absolute Gasteiger partial charge is 0.497 e. The molecule has 96 valence electrons. The second-order valence-corrected chi connectivity index (χ2v) is 3.92. The van der Waals surface area contributed by atoms with Crippen LogP contribution in [0.15, 0.2) is 18.2 Å². The minimum atomic E-state index is -0.648. The first-order valence-electron chi connectivity index (χ1n) is 5.51. The van der Waals surface area contributed by atoms with Crippen molar-refractivity contribution in [2.24, 2.45) is 0 Å². The first-order valence-corrected chi connectivity index (χ1v) is 5.51. The number of rotatable bonds is 2. The Morgan fingerprint density at radius 3 is 2.89 bits per heavy atom. The predicted octanol–water partition coefficient (Wildman–Crippen LogP) is 0.406. The van der Waals surface area contributed by atoms with Gasteiger partial charge < -0.3 is 15.0 Å². The fraction of sp³-hybridized carbons (Fsp3) is 0.333. The average Bonchev–Trinajstić information content (AvgIpc) is 2.37. The van der Waals surface area contributed by atoms with E-state index in [2.05, 4.69) is 5.32 Å². The maximum absolute atomic E-state index is 13.7. The Bertz CT molecular complexity index is 490. The number of benzene rings is 1. The van der Waals surface area contributed by atoms with Gasteiger partial charge in [0.05, 0.1) is 19.2 Å². The third-order valence-corrected chi connectivity index (χ3v) is 2.73. The number of hydrogen-bond donors (Lipinski definition) is 1. The topological polar surface area (TPSA) is 58.6 Å². The van der Waals surface area contributed by atoms with Gasteiger partial charge in [0.2, 0.25) is 5.91 Å². The van der Waals surface area contributed by atoms with E-state index >= 15 is 0 Å². The summed E-state index contributed by atoms with van der Waals surface area (Å²) in [5, 5.41) is 2.60. The number of carbonyl (C=O) groups excluding carboxylic acids is 2. The SMILES string of the molecule is COc1ccc(C(=O)N2CCNC(=O)C2)c(F)c1. The molecule has 1 heterocycles. The summed E-state index contributed by atoms with van der Waals surface area (Å²) in [7, 11) is 1.42. The smallest absolute Gasteiger partial charge is 0.257 e. The quantitative estimate of drug-likeness (QED) is 0.829. The Morgan fingerprint density at radius 1 is 1.50 bits per heavy atom. The molecule has 0 unspecified atom stereocenters. The van der Waals surface area contributed by atoms with Crippen LogP contribution in [0.2, 0.25) is 0 Å². The van der Waals surface area contributed by atoms with Gasteiger partial charge in [0.1, 0.15) is 11.6 Å². The molecule has 1 aliphatic heterocycles. The molecule has 0 bridgehead atoms. The number of amides is 2. The number of carbonyl (C=O) groups is 2. The highest BCUT2D eigenvalue weighted by molar-refractivity contribution is 5.97. The second-order valence-electron chi connectivity index (χ2n) is 3.92. The summed E-state index contributed by atoms with van der Waals surface area (Å²) >= 11 is 0. The molecule has 18 heavy (non-hydrogen) atoms. The van der Waals surface area contributed by atoms with Crippen molar-refractivity contribution in [2.45, 2.75) is 0 Å². The van der Waals surface area contributed by atoms with Gasteiger partial charge in [-0.3, -0.25) is 9.59 Å². The monoisotopic (exact) mass is 252 g/mol. The van der Waals surface area contributed by atoms with Gasteiger partial charge in [-0.2, -0.15) is 0 Å². The molecule has 0 spiro atoms. The molecule has 0 saturated carbocycles. The van der Waals surface area contributed by atoms with Crippen LogP contribution in [0.25, 0.3) is 0 Å². The van der Waals surface area contributed by atoms with E-state index in [9.17, 15) is 14.0 Å². The number of hydrogen-bond acceptors (Lipinski definition) is 3. The molecule has 5 nitrogen and oxygen atoms in total. The van der Waals surface area contributed by atoms with Crippen molar-refractivity contribution in [2.75, 3.05) is 26.7 Å². The van der Waals surface area contributed by atoms with E-state index in [0.29, 0.717) is 18.8 Å². The molecule has 1 saturated heterocycles. The number of nitrogens with zero attached hydrogens (tertiary/aromatic N) is 1. The van der Waals surface area contributed by atoms with E-state index < -0.39 is 11.7 Å². The van der Waals surface area contributed by atoms with Gasteiger partial charge in [0.25, 0.3) is 5.91 Å². The van der Waals surface area contributed by atoms with Crippen molar-refractivity contribution >= 4 is 11.8 Å².